The molecule has 0 saturated heterocycles. The highest BCUT2D eigenvalue weighted by Gasteiger charge is 2.35. The minimum atomic E-state index is -1.16. The predicted molar refractivity (Wildman–Crippen MR) is 215 cm³/mol. The molecule has 0 fully saturated rings. The molecule has 54 heavy (non-hydrogen) atoms. The SMILES string of the molecule is C=Cc1c(C)c2cc3nc(c(CC(=O)NCCNCCN(CC)CC)c4nc(cc5[nH]c(cc1[nH]2)c(C)c5CC)C(C)=C4C(=O)O)[C@@H](CCC(=O)O)[C@@H]3C. The zero-order valence-corrected chi connectivity index (χ0v) is 32.7. The highest BCUT2D eigenvalue weighted by atomic mass is 16.4. The number of allylic oxidation sites excluding steroid dienone is 1. The van der Waals surface area contributed by atoms with Crippen molar-refractivity contribution in [3.63, 3.8) is 0 Å². The third-order valence-electron chi connectivity index (χ3n) is 11.1. The third kappa shape index (κ3) is 8.34. The van der Waals surface area contributed by atoms with Gasteiger partial charge in [0.25, 0.3) is 0 Å². The topological polar surface area (TPSA) is 176 Å². The second kappa shape index (κ2) is 17.4. The number of carbonyl (C=O) groups is 3. The van der Waals surface area contributed by atoms with E-state index < -0.39 is 17.9 Å². The second-order valence-electron chi connectivity index (χ2n) is 14.2. The van der Waals surface area contributed by atoms with Crippen LogP contribution in [0, 0.1) is 13.8 Å². The first-order valence-electron chi connectivity index (χ1n) is 19.1. The smallest absolute Gasteiger partial charge is 0.338 e. The van der Waals surface area contributed by atoms with Crippen molar-refractivity contribution in [3.05, 3.63) is 75.4 Å². The molecule has 5 heterocycles. The number of fused-ring (bicyclic) bond motifs is 8. The number of hydrogen-bond acceptors (Lipinski definition) is 7. The fraction of sp³-hybridized carbons (Fsp3) is 0.452. The Hall–Kier alpha value is -5.07. The second-order valence-corrected chi connectivity index (χ2v) is 14.2. The Kier molecular flexibility index (Phi) is 12.9. The molecule has 0 spiro atoms. The summed E-state index contributed by atoms with van der Waals surface area (Å²) in [6.07, 6.45) is 2.52. The van der Waals surface area contributed by atoms with Gasteiger partial charge >= 0.3 is 11.9 Å². The van der Waals surface area contributed by atoms with Crippen molar-refractivity contribution in [1.82, 2.24) is 35.5 Å². The van der Waals surface area contributed by atoms with Gasteiger partial charge in [-0.1, -0.05) is 40.3 Å². The number of aromatic nitrogens is 4. The van der Waals surface area contributed by atoms with Gasteiger partial charge in [0.15, 0.2) is 0 Å². The largest absolute Gasteiger partial charge is 0.481 e. The molecule has 12 nitrogen and oxygen atoms in total. The Morgan fingerprint density at radius 2 is 1.61 bits per heavy atom. The maximum atomic E-state index is 13.8. The maximum Gasteiger partial charge on any atom is 0.338 e. The summed E-state index contributed by atoms with van der Waals surface area (Å²) < 4.78 is 0. The van der Waals surface area contributed by atoms with Crippen molar-refractivity contribution in [1.29, 1.82) is 0 Å². The van der Waals surface area contributed by atoms with Crippen molar-refractivity contribution in [3.8, 4) is 0 Å². The van der Waals surface area contributed by atoms with Crippen molar-refractivity contribution < 1.29 is 24.6 Å². The van der Waals surface area contributed by atoms with Gasteiger partial charge in [-0.3, -0.25) is 14.6 Å². The lowest BCUT2D eigenvalue weighted by atomic mass is 9.84. The molecule has 0 saturated carbocycles. The molecule has 6 N–H and O–H groups in total. The summed E-state index contributed by atoms with van der Waals surface area (Å²) in [6.45, 7) is 22.8. The molecule has 0 aromatic carbocycles. The minimum absolute atomic E-state index is 0.00405. The van der Waals surface area contributed by atoms with Gasteiger partial charge in [0, 0.05) is 83.3 Å². The van der Waals surface area contributed by atoms with E-state index in [1.807, 2.05) is 32.1 Å². The average Bonchev–Trinajstić information content (AvgIpc) is 3.82. The monoisotopic (exact) mass is 737 g/mol. The lowest BCUT2D eigenvalue weighted by molar-refractivity contribution is -0.137. The fourth-order valence-corrected chi connectivity index (χ4v) is 7.79. The van der Waals surface area contributed by atoms with E-state index in [1.165, 1.54) is 0 Å². The summed E-state index contributed by atoms with van der Waals surface area (Å²) in [5.41, 5.74) is 10.3. The van der Waals surface area contributed by atoms with E-state index >= 15 is 0 Å². The van der Waals surface area contributed by atoms with Crippen LogP contribution in [-0.2, 0) is 27.2 Å². The summed E-state index contributed by atoms with van der Waals surface area (Å²) >= 11 is 0. The molecule has 3 aromatic heterocycles. The van der Waals surface area contributed by atoms with Crippen LogP contribution in [0.25, 0.3) is 39.3 Å². The molecule has 1 amide bonds. The summed E-state index contributed by atoms with van der Waals surface area (Å²) in [6, 6.07) is 5.93. The first-order chi connectivity index (χ1) is 25.8. The number of hydrogen-bond donors (Lipinski definition) is 6. The van der Waals surface area contributed by atoms with Gasteiger partial charge in [-0.2, -0.15) is 0 Å². The Morgan fingerprint density at radius 1 is 0.907 bits per heavy atom. The standard InChI is InChI=1S/C42H55N7O5/c1-9-27-23(5)31-20-33-25(7)29(13-14-38(51)52)40(47-33)30(19-37(50)44-16-15-43-17-18-49(11-3)12-4)41-39(42(53)54)26(8)34(48-41)22-36-28(10-2)24(6)32(46-36)21-35(27)45-31/h9,20-22,25,29,43,45-46H,1,10-19H2,2-8H3,(H,44,50)(H,51,52)(H,53,54)/t25-,29-/m0/s1. The molecule has 5 rings (SSSR count). The van der Waals surface area contributed by atoms with Crippen LogP contribution in [0.5, 0.6) is 0 Å². The number of H-pyrrole nitrogens is 2. The zero-order valence-electron chi connectivity index (χ0n) is 32.7. The van der Waals surface area contributed by atoms with Crippen LogP contribution in [0.15, 0.2) is 24.8 Å². The maximum absolute atomic E-state index is 13.8. The van der Waals surface area contributed by atoms with E-state index in [0.29, 0.717) is 41.3 Å². The number of carboxylic acid groups (broad SMARTS) is 2. The number of nitrogens with one attached hydrogen (secondary N) is 4. The van der Waals surface area contributed by atoms with E-state index in [4.69, 9.17) is 9.97 Å². The number of carbonyl (C=O) groups excluding carboxylic acids is 1. The normalized spacial score (nSPS) is 15.6. The summed E-state index contributed by atoms with van der Waals surface area (Å²) in [5, 5.41) is 26.8. The van der Waals surface area contributed by atoms with Gasteiger partial charge < -0.3 is 35.7 Å². The Bertz CT molecular complexity index is 2140. The number of aliphatic carboxylic acids is 2. The van der Waals surface area contributed by atoms with Crippen molar-refractivity contribution in [2.45, 2.75) is 86.0 Å². The molecule has 288 valence electrons. The van der Waals surface area contributed by atoms with E-state index in [0.717, 1.165) is 76.9 Å². The number of rotatable bonds is 16. The van der Waals surface area contributed by atoms with Gasteiger partial charge in [0.05, 0.1) is 29.1 Å². The first kappa shape index (κ1) is 40.1. The molecule has 0 unspecified atom stereocenters. The highest BCUT2D eigenvalue weighted by Crippen LogP contribution is 2.43. The van der Waals surface area contributed by atoms with Crippen LogP contribution in [0.3, 0.4) is 0 Å². The number of nitrogens with zero attached hydrogens (tertiary/aromatic N) is 3. The molecule has 3 aromatic rings. The highest BCUT2D eigenvalue weighted by molar-refractivity contribution is 6.24. The van der Waals surface area contributed by atoms with Crippen LogP contribution in [0.1, 0.15) is 110 Å². The molecule has 0 aliphatic carbocycles. The van der Waals surface area contributed by atoms with Crippen molar-refractivity contribution in [2.75, 3.05) is 39.3 Å². The number of likely N-dealkylation sites (N-methyl/N-ethyl adjacent to an activating group) is 1. The Morgan fingerprint density at radius 3 is 2.26 bits per heavy atom. The number of aromatic amines is 2. The molecular weight excluding hydrogens is 683 g/mol. The van der Waals surface area contributed by atoms with Crippen molar-refractivity contribution in [2.24, 2.45) is 0 Å². The van der Waals surface area contributed by atoms with Gasteiger partial charge in [-0.05, 0) is 87.2 Å². The number of carboxylic acids is 2. The van der Waals surface area contributed by atoms with Gasteiger partial charge in [0.2, 0.25) is 5.91 Å². The van der Waals surface area contributed by atoms with Gasteiger partial charge in [0.1, 0.15) is 0 Å². The molecule has 8 bridgehead atoms. The van der Waals surface area contributed by atoms with E-state index in [-0.39, 0.29) is 42.4 Å². The van der Waals surface area contributed by atoms with Gasteiger partial charge in [-0.15, -0.1) is 0 Å². The van der Waals surface area contributed by atoms with E-state index in [2.05, 4.69) is 65.8 Å². The number of amides is 1. The number of aryl methyl sites for hydroxylation is 3. The first-order valence-corrected chi connectivity index (χ1v) is 19.1. The van der Waals surface area contributed by atoms with Crippen LogP contribution >= 0.6 is 0 Å². The van der Waals surface area contributed by atoms with Crippen molar-refractivity contribution >= 4 is 57.1 Å². The molecule has 12 heteroatoms. The molecule has 2 aliphatic rings. The molecular formula is C42H55N7O5. The van der Waals surface area contributed by atoms with E-state index in [9.17, 15) is 24.6 Å². The minimum Gasteiger partial charge on any atom is -0.481 e. The lowest BCUT2D eigenvalue weighted by Gasteiger charge is -2.18. The van der Waals surface area contributed by atoms with Crippen LogP contribution in [0.2, 0.25) is 0 Å². The molecule has 2 aliphatic heterocycles. The molecule has 2 atom stereocenters. The van der Waals surface area contributed by atoms with Gasteiger partial charge in [-0.25, -0.2) is 9.78 Å². The van der Waals surface area contributed by atoms with Crippen LogP contribution in [-0.4, -0.2) is 92.2 Å². The summed E-state index contributed by atoms with van der Waals surface area (Å²) in [5.74, 6) is -3.05. The zero-order chi connectivity index (χ0) is 39.3. The lowest BCUT2D eigenvalue weighted by Crippen LogP contribution is -2.37. The summed E-state index contributed by atoms with van der Waals surface area (Å²) in [4.78, 5) is 58.3. The predicted octanol–water partition coefficient (Wildman–Crippen LogP) is 6.49. The third-order valence-corrected chi connectivity index (χ3v) is 11.1. The average molecular weight is 738 g/mol. The van der Waals surface area contributed by atoms with Crippen LogP contribution in [0.4, 0.5) is 0 Å². The van der Waals surface area contributed by atoms with E-state index in [1.54, 1.807) is 6.92 Å². The Balaban J connectivity index is 1.77. The quantitative estimate of drug-likeness (QED) is 0.0897. The van der Waals surface area contributed by atoms with Crippen LogP contribution < -0.4 is 10.6 Å². The molecule has 0 radical (unpaired) electrons. The Labute approximate surface area is 317 Å². The fourth-order valence-electron chi connectivity index (χ4n) is 7.79. The summed E-state index contributed by atoms with van der Waals surface area (Å²) in [7, 11) is 0.